The monoisotopic (exact) mass is 515 g/mol. The average Bonchev–Trinajstić information content (AvgIpc) is 3.46. The van der Waals surface area contributed by atoms with Crippen LogP contribution in [-0.2, 0) is 9.53 Å². The van der Waals surface area contributed by atoms with E-state index in [0.29, 0.717) is 21.2 Å². The van der Waals surface area contributed by atoms with Gasteiger partial charge in [0.2, 0.25) is 6.10 Å². The van der Waals surface area contributed by atoms with Crippen LogP contribution in [0, 0.1) is 13.8 Å². The summed E-state index contributed by atoms with van der Waals surface area (Å²) in [5.41, 5.74) is 3.69. The van der Waals surface area contributed by atoms with Crippen molar-refractivity contribution in [2.24, 2.45) is 0 Å². The Morgan fingerprint density at radius 2 is 1.67 bits per heavy atom. The molecule has 8 heteroatoms. The molecule has 6 nitrogen and oxygen atoms in total. The van der Waals surface area contributed by atoms with Gasteiger partial charge in [0.25, 0.3) is 5.91 Å². The van der Waals surface area contributed by atoms with Gasteiger partial charge < -0.3 is 10.1 Å². The molecule has 0 bridgehead atoms. The fourth-order valence-corrected chi connectivity index (χ4v) is 5.08. The van der Waals surface area contributed by atoms with Crippen LogP contribution in [-0.4, -0.2) is 21.7 Å². The van der Waals surface area contributed by atoms with E-state index in [0.717, 1.165) is 27.2 Å². The number of halogens is 1. The molecule has 3 aromatic carbocycles. The van der Waals surface area contributed by atoms with E-state index in [1.165, 1.54) is 11.3 Å². The molecular formula is C28H22ClN3O3S. The highest BCUT2D eigenvalue weighted by Gasteiger charge is 2.27. The van der Waals surface area contributed by atoms with Crippen LogP contribution in [0.25, 0.3) is 15.9 Å². The predicted octanol–water partition coefficient (Wildman–Crippen LogP) is 6.89. The smallest absolute Gasteiger partial charge is 0.349 e. The molecule has 1 atom stereocenters. The third-order valence-electron chi connectivity index (χ3n) is 5.75. The molecule has 2 heterocycles. The highest BCUT2D eigenvalue weighted by atomic mass is 35.5. The Morgan fingerprint density at radius 3 is 2.36 bits per heavy atom. The summed E-state index contributed by atoms with van der Waals surface area (Å²) in [5, 5.41) is 8.84. The zero-order valence-electron chi connectivity index (χ0n) is 19.6. The van der Waals surface area contributed by atoms with Crippen molar-refractivity contribution in [3.8, 4) is 5.69 Å². The first-order valence-corrected chi connectivity index (χ1v) is 12.5. The maximum absolute atomic E-state index is 13.3. The van der Waals surface area contributed by atoms with Gasteiger partial charge >= 0.3 is 5.97 Å². The number of ether oxygens (including phenoxy) is 1. The first kappa shape index (κ1) is 23.8. The lowest BCUT2D eigenvalue weighted by Crippen LogP contribution is -2.25. The van der Waals surface area contributed by atoms with Crippen molar-refractivity contribution in [2.75, 3.05) is 5.32 Å². The minimum atomic E-state index is -1.14. The molecule has 0 saturated heterocycles. The van der Waals surface area contributed by atoms with Crippen LogP contribution in [0.5, 0.6) is 0 Å². The second-order valence-electron chi connectivity index (χ2n) is 8.31. The number of nitrogens with one attached hydrogen (secondary N) is 1. The third kappa shape index (κ3) is 4.76. The number of carbonyl (C=O) groups is 2. The minimum Gasteiger partial charge on any atom is -0.443 e. The van der Waals surface area contributed by atoms with E-state index < -0.39 is 18.0 Å². The van der Waals surface area contributed by atoms with Gasteiger partial charge in [0.05, 0.1) is 11.4 Å². The number of fused-ring (bicyclic) bond motifs is 1. The molecular weight excluding hydrogens is 494 g/mol. The van der Waals surface area contributed by atoms with Gasteiger partial charge in [-0.15, -0.1) is 11.3 Å². The number of esters is 1. The first-order valence-electron chi connectivity index (χ1n) is 11.3. The largest absolute Gasteiger partial charge is 0.443 e. The summed E-state index contributed by atoms with van der Waals surface area (Å²) < 4.78 is 7.61. The Balaban J connectivity index is 1.44. The Bertz CT molecular complexity index is 1560. The van der Waals surface area contributed by atoms with Gasteiger partial charge in [-0.3, -0.25) is 4.79 Å². The first-order chi connectivity index (χ1) is 17.4. The molecule has 5 rings (SSSR count). The highest BCUT2D eigenvalue weighted by Crippen LogP contribution is 2.32. The zero-order chi connectivity index (χ0) is 25.2. The third-order valence-corrected chi connectivity index (χ3v) is 7.25. The fourth-order valence-electron chi connectivity index (χ4n) is 3.84. The van der Waals surface area contributed by atoms with Gasteiger partial charge in [-0.05, 0) is 49.7 Å². The number of carbonyl (C=O) groups excluding carboxylic acids is 2. The Morgan fingerprint density at radius 1 is 0.972 bits per heavy atom. The van der Waals surface area contributed by atoms with Crippen molar-refractivity contribution in [3.63, 3.8) is 0 Å². The van der Waals surface area contributed by atoms with Gasteiger partial charge in [-0.25, -0.2) is 9.48 Å². The molecule has 0 unspecified atom stereocenters. The minimum absolute atomic E-state index is 0.391. The molecule has 0 spiro atoms. The van der Waals surface area contributed by atoms with Crippen LogP contribution in [0.2, 0.25) is 5.02 Å². The summed E-state index contributed by atoms with van der Waals surface area (Å²) in [6.45, 7) is 3.78. The van der Waals surface area contributed by atoms with Crippen molar-refractivity contribution in [1.29, 1.82) is 0 Å². The second-order valence-corrected chi connectivity index (χ2v) is 9.75. The topological polar surface area (TPSA) is 73.2 Å². The van der Waals surface area contributed by atoms with Gasteiger partial charge in [0, 0.05) is 21.7 Å². The number of anilines is 1. The van der Waals surface area contributed by atoms with Crippen molar-refractivity contribution >= 4 is 50.7 Å². The van der Waals surface area contributed by atoms with Crippen molar-refractivity contribution < 1.29 is 14.3 Å². The lowest BCUT2D eigenvalue weighted by molar-refractivity contribution is -0.125. The van der Waals surface area contributed by atoms with Gasteiger partial charge in [0.1, 0.15) is 9.71 Å². The van der Waals surface area contributed by atoms with E-state index in [2.05, 4.69) is 10.4 Å². The average molecular weight is 516 g/mol. The SMILES string of the molecule is Cc1ccc(NC(=O)[C@H](OC(=O)c2cc3c(C)nn(-c4ccccc4)c3s2)c2ccccc2)cc1Cl. The molecule has 1 N–H and O–H groups in total. The van der Waals surface area contributed by atoms with Crippen LogP contribution in [0.4, 0.5) is 5.69 Å². The summed E-state index contributed by atoms with van der Waals surface area (Å²) in [6.07, 6.45) is -1.14. The fraction of sp³-hybridized carbons (Fsp3) is 0.107. The predicted molar refractivity (Wildman–Crippen MR) is 143 cm³/mol. The zero-order valence-corrected chi connectivity index (χ0v) is 21.1. The molecule has 0 aliphatic carbocycles. The summed E-state index contributed by atoms with van der Waals surface area (Å²) in [6, 6.07) is 25.7. The molecule has 0 radical (unpaired) electrons. The van der Waals surface area contributed by atoms with Crippen molar-refractivity contribution in [3.05, 3.63) is 112 Å². The molecule has 0 aliphatic heterocycles. The summed E-state index contributed by atoms with van der Waals surface area (Å²) in [7, 11) is 0. The number of nitrogens with zero attached hydrogens (tertiary/aromatic N) is 2. The number of hydrogen-bond donors (Lipinski definition) is 1. The summed E-state index contributed by atoms with van der Waals surface area (Å²) >= 11 is 7.49. The number of aryl methyl sites for hydroxylation is 2. The van der Waals surface area contributed by atoms with Crippen molar-refractivity contribution in [1.82, 2.24) is 9.78 Å². The molecule has 0 aliphatic rings. The van der Waals surface area contributed by atoms with Gasteiger partial charge in [-0.1, -0.05) is 66.2 Å². The van der Waals surface area contributed by atoms with Crippen molar-refractivity contribution in [2.45, 2.75) is 20.0 Å². The normalized spacial score (nSPS) is 11.9. The van der Waals surface area contributed by atoms with E-state index >= 15 is 0 Å². The van der Waals surface area contributed by atoms with E-state index in [1.807, 2.05) is 61.0 Å². The van der Waals surface area contributed by atoms with Crippen LogP contribution < -0.4 is 5.32 Å². The number of thiophene rings is 1. The van der Waals surface area contributed by atoms with Crippen LogP contribution in [0.3, 0.4) is 0 Å². The van der Waals surface area contributed by atoms with Gasteiger partial charge in [-0.2, -0.15) is 5.10 Å². The maximum atomic E-state index is 13.3. The molecule has 1 amide bonds. The number of amides is 1. The van der Waals surface area contributed by atoms with Crippen LogP contribution >= 0.6 is 22.9 Å². The summed E-state index contributed by atoms with van der Waals surface area (Å²) in [4.78, 5) is 27.7. The molecule has 180 valence electrons. The summed E-state index contributed by atoms with van der Waals surface area (Å²) in [5.74, 6) is -1.05. The van der Waals surface area contributed by atoms with Crippen LogP contribution in [0.1, 0.15) is 32.6 Å². The van der Waals surface area contributed by atoms with E-state index in [9.17, 15) is 9.59 Å². The Hall–Kier alpha value is -3.94. The molecule has 0 fully saturated rings. The van der Waals surface area contributed by atoms with E-state index in [4.69, 9.17) is 16.3 Å². The lowest BCUT2D eigenvalue weighted by atomic mass is 10.1. The second kappa shape index (κ2) is 9.97. The number of aromatic nitrogens is 2. The number of hydrogen-bond acceptors (Lipinski definition) is 5. The molecule has 36 heavy (non-hydrogen) atoms. The maximum Gasteiger partial charge on any atom is 0.349 e. The Labute approximate surface area is 217 Å². The van der Waals surface area contributed by atoms with E-state index in [1.54, 1.807) is 42.5 Å². The van der Waals surface area contributed by atoms with E-state index in [-0.39, 0.29) is 0 Å². The number of para-hydroxylation sites is 1. The van der Waals surface area contributed by atoms with Crippen LogP contribution in [0.15, 0.2) is 84.9 Å². The number of rotatable bonds is 6. The van der Waals surface area contributed by atoms with Gasteiger partial charge in [0.15, 0.2) is 0 Å². The molecule has 2 aromatic heterocycles. The number of benzene rings is 3. The quantitative estimate of drug-likeness (QED) is 0.250. The Kier molecular flexibility index (Phi) is 6.59. The molecule has 0 saturated carbocycles. The standard InChI is InChI=1S/C28H22ClN3O3S/c1-17-13-14-20(15-23(17)29)30-26(33)25(19-9-5-3-6-10-19)35-28(34)24-16-22-18(2)31-32(27(22)36-24)21-11-7-4-8-12-21/h3-16,25H,1-2H3,(H,30,33)/t25-/m1/s1. The molecule has 5 aromatic rings. The highest BCUT2D eigenvalue weighted by molar-refractivity contribution is 7.20. The lowest BCUT2D eigenvalue weighted by Gasteiger charge is -2.18.